The third-order valence-electron chi connectivity index (χ3n) is 6.52. The number of aliphatic hydroxyl groups excluding tert-OH is 1. The number of hydrogen-bond acceptors (Lipinski definition) is 10. The minimum absolute atomic E-state index is 0.00951. The van der Waals surface area contributed by atoms with Crippen LogP contribution < -0.4 is 10.6 Å². The number of nitrogens with zero attached hydrogens (tertiary/aromatic N) is 2. The molecule has 1 unspecified atom stereocenters. The van der Waals surface area contributed by atoms with E-state index >= 15 is 0 Å². The SMILES string of the molecule is COC(=O)[C@@H]1OB([C@H](CC(C)C)NC(=O)C(NC(=O)c2cccc(-c3ccccc3)n2)[C@@H](C)O)OC(=O)[C@@H]1N(C)C. The second kappa shape index (κ2) is 14.2. The second-order valence-corrected chi connectivity index (χ2v) is 10.5. The van der Waals surface area contributed by atoms with Gasteiger partial charge in [-0.05, 0) is 45.5 Å². The number of benzene rings is 1. The summed E-state index contributed by atoms with van der Waals surface area (Å²) in [6.45, 7) is 5.15. The number of aromatic nitrogens is 1. The van der Waals surface area contributed by atoms with Gasteiger partial charge in [0.25, 0.3) is 5.91 Å². The van der Waals surface area contributed by atoms with Crippen LogP contribution in [0.15, 0.2) is 48.5 Å². The van der Waals surface area contributed by atoms with Gasteiger partial charge in [0, 0.05) is 5.56 Å². The molecule has 220 valence electrons. The molecule has 1 saturated heterocycles. The van der Waals surface area contributed by atoms with Crippen molar-refractivity contribution >= 4 is 30.9 Å². The standard InChI is InChI=1S/C28H37BN4O8/c1-16(2)15-21(29-40-24(28(38)39-6)23(33(4)5)27(37)41-29)31-26(36)22(17(3)34)32-25(35)20-14-10-13-19(30-20)18-11-8-7-9-12-18/h7-14,16-17,21-24,34H,15H2,1-6H3,(H,31,36)(H,32,35)/t17-,21+,22?,23-,24-/m1/s1. The molecule has 1 aliphatic rings. The Hall–Kier alpha value is -3.81. The predicted molar refractivity (Wildman–Crippen MR) is 150 cm³/mol. The lowest BCUT2D eigenvalue weighted by molar-refractivity contribution is -0.167. The van der Waals surface area contributed by atoms with E-state index in [-0.39, 0.29) is 11.6 Å². The molecule has 41 heavy (non-hydrogen) atoms. The summed E-state index contributed by atoms with van der Waals surface area (Å²) in [4.78, 5) is 57.7. The van der Waals surface area contributed by atoms with Crippen LogP contribution in [0.4, 0.5) is 0 Å². The smallest absolute Gasteiger partial charge is 0.507 e. The van der Waals surface area contributed by atoms with Gasteiger partial charge in [0.2, 0.25) is 5.91 Å². The zero-order valence-electron chi connectivity index (χ0n) is 24.1. The molecular formula is C28H37BN4O8. The summed E-state index contributed by atoms with van der Waals surface area (Å²) in [7, 11) is 3.06. The normalized spacial score (nSPS) is 19.2. The largest absolute Gasteiger partial charge is 0.552 e. The highest BCUT2D eigenvalue weighted by Crippen LogP contribution is 2.22. The highest BCUT2D eigenvalue weighted by atomic mass is 16.7. The molecule has 1 aromatic carbocycles. The van der Waals surface area contributed by atoms with Crippen molar-refractivity contribution in [2.75, 3.05) is 21.2 Å². The topological polar surface area (TPSA) is 156 Å². The summed E-state index contributed by atoms with van der Waals surface area (Å²) >= 11 is 0. The van der Waals surface area contributed by atoms with Crippen LogP contribution in [-0.2, 0) is 28.4 Å². The maximum absolute atomic E-state index is 13.4. The average Bonchev–Trinajstić information content (AvgIpc) is 2.94. The molecule has 1 aromatic heterocycles. The Balaban J connectivity index is 1.79. The number of carbonyl (C=O) groups excluding carboxylic acids is 4. The third kappa shape index (κ3) is 8.12. The van der Waals surface area contributed by atoms with Crippen LogP contribution in [0.5, 0.6) is 0 Å². The molecule has 1 fully saturated rings. The van der Waals surface area contributed by atoms with Crippen molar-refractivity contribution in [3.05, 3.63) is 54.2 Å². The number of amides is 2. The minimum Gasteiger partial charge on any atom is -0.507 e. The van der Waals surface area contributed by atoms with Gasteiger partial charge in [-0.1, -0.05) is 50.2 Å². The number of hydrogen-bond donors (Lipinski definition) is 3. The Morgan fingerprint density at radius 3 is 2.34 bits per heavy atom. The van der Waals surface area contributed by atoms with Crippen LogP contribution in [0.1, 0.15) is 37.7 Å². The van der Waals surface area contributed by atoms with Crippen LogP contribution in [0.3, 0.4) is 0 Å². The number of carbonyl (C=O) groups is 4. The molecule has 0 aliphatic carbocycles. The van der Waals surface area contributed by atoms with E-state index in [1.807, 2.05) is 44.2 Å². The maximum atomic E-state index is 13.4. The molecule has 13 heteroatoms. The van der Waals surface area contributed by atoms with Crippen molar-refractivity contribution in [3.8, 4) is 11.3 Å². The van der Waals surface area contributed by atoms with Gasteiger partial charge in [0.05, 0.1) is 24.8 Å². The first-order chi connectivity index (χ1) is 19.4. The van der Waals surface area contributed by atoms with Crippen molar-refractivity contribution < 1.29 is 38.3 Å². The van der Waals surface area contributed by atoms with Gasteiger partial charge < -0.3 is 29.8 Å². The van der Waals surface area contributed by atoms with Crippen LogP contribution in [0.25, 0.3) is 11.3 Å². The van der Waals surface area contributed by atoms with Gasteiger partial charge >= 0.3 is 19.1 Å². The van der Waals surface area contributed by atoms with E-state index in [9.17, 15) is 24.3 Å². The lowest BCUT2D eigenvalue weighted by Crippen LogP contribution is -2.65. The van der Waals surface area contributed by atoms with E-state index in [0.717, 1.165) is 5.56 Å². The molecule has 2 aromatic rings. The highest BCUT2D eigenvalue weighted by Gasteiger charge is 2.51. The maximum Gasteiger partial charge on any atom is 0.552 e. The Morgan fingerprint density at radius 2 is 1.76 bits per heavy atom. The number of methoxy groups -OCH3 is 1. The molecule has 12 nitrogen and oxygen atoms in total. The number of pyridine rings is 1. The summed E-state index contributed by atoms with van der Waals surface area (Å²) in [6.07, 6.45) is -2.28. The molecule has 0 radical (unpaired) electrons. The fourth-order valence-electron chi connectivity index (χ4n) is 4.48. The van der Waals surface area contributed by atoms with E-state index in [1.54, 1.807) is 26.2 Å². The lowest BCUT2D eigenvalue weighted by atomic mass is 9.72. The number of ether oxygens (including phenoxy) is 1. The third-order valence-corrected chi connectivity index (χ3v) is 6.52. The summed E-state index contributed by atoms with van der Waals surface area (Å²) in [6, 6.07) is 11.8. The predicted octanol–water partition coefficient (Wildman–Crippen LogP) is 0.831. The average molecular weight is 568 g/mol. The molecule has 0 spiro atoms. The molecule has 3 rings (SSSR count). The number of rotatable bonds is 11. The molecule has 2 amide bonds. The van der Waals surface area contributed by atoms with E-state index in [4.69, 9.17) is 14.0 Å². The van der Waals surface area contributed by atoms with E-state index < -0.39 is 61.1 Å². The Bertz CT molecular complexity index is 1230. The van der Waals surface area contributed by atoms with E-state index in [2.05, 4.69) is 15.6 Å². The van der Waals surface area contributed by atoms with Crippen molar-refractivity contribution in [1.82, 2.24) is 20.5 Å². The quantitative estimate of drug-likeness (QED) is 0.262. The van der Waals surface area contributed by atoms with Crippen LogP contribution >= 0.6 is 0 Å². The molecule has 0 bridgehead atoms. The zero-order valence-corrected chi connectivity index (χ0v) is 24.1. The second-order valence-electron chi connectivity index (χ2n) is 10.5. The Morgan fingerprint density at radius 1 is 1.07 bits per heavy atom. The number of aliphatic hydroxyl groups is 1. The summed E-state index contributed by atoms with van der Waals surface area (Å²) in [5.74, 6) is -3.77. The number of esters is 1. The van der Waals surface area contributed by atoms with Gasteiger partial charge in [-0.2, -0.15) is 0 Å². The molecule has 5 atom stereocenters. The first-order valence-electron chi connectivity index (χ1n) is 13.3. The lowest BCUT2D eigenvalue weighted by Gasteiger charge is -2.38. The van der Waals surface area contributed by atoms with Gasteiger partial charge in [0.1, 0.15) is 17.8 Å². The van der Waals surface area contributed by atoms with Crippen LogP contribution in [0.2, 0.25) is 0 Å². The highest BCUT2D eigenvalue weighted by molar-refractivity contribution is 6.50. The monoisotopic (exact) mass is 568 g/mol. The molecule has 0 saturated carbocycles. The first kappa shape index (κ1) is 31.7. The Kier molecular flexibility index (Phi) is 11.0. The van der Waals surface area contributed by atoms with Crippen LogP contribution in [0, 0.1) is 5.92 Å². The van der Waals surface area contributed by atoms with Crippen molar-refractivity contribution in [1.29, 1.82) is 0 Å². The Labute approximate surface area is 239 Å². The van der Waals surface area contributed by atoms with Gasteiger partial charge in [-0.25, -0.2) is 9.78 Å². The minimum atomic E-state index is -1.37. The summed E-state index contributed by atoms with van der Waals surface area (Å²) < 4.78 is 16.2. The zero-order chi connectivity index (χ0) is 30.3. The van der Waals surface area contributed by atoms with Crippen LogP contribution in [-0.4, -0.2) is 97.3 Å². The van der Waals surface area contributed by atoms with E-state index in [1.165, 1.54) is 25.0 Å². The number of likely N-dealkylation sites (N-methyl/N-ethyl adjacent to an activating group) is 1. The number of nitrogens with one attached hydrogen (secondary N) is 2. The van der Waals surface area contributed by atoms with Gasteiger partial charge in [0.15, 0.2) is 6.10 Å². The fraction of sp³-hybridized carbons (Fsp3) is 0.464. The first-order valence-corrected chi connectivity index (χ1v) is 13.3. The van der Waals surface area contributed by atoms with Crippen molar-refractivity contribution in [2.45, 2.75) is 57.4 Å². The van der Waals surface area contributed by atoms with Crippen molar-refractivity contribution in [2.24, 2.45) is 5.92 Å². The van der Waals surface area contributed by atoms with Gasteiger partial charge in [-0.3, -0.25) is 19.3 Å². The molecule has 2 heterocycles. The molecular weight excluding hydrogens is 531 g/mol. The molecule has 1 aliphatic heterocycles. The van der Waals surface area contributed by atoms with Crippen molar-refractivity contribution in [3.63, 3.8) is 0 Å². The van der Waals surface area contributed by atoms with Gasteiger partial charge in [-0.15, -0.1) is 0 Å². The van der Waals surface area contributed by atoms with E-state index in [0.29, 0.717) is 12.1 Å². The summed E-state index contributed by atoms with van der Waals surface area (Å²) in [5.41, 5.74) is 1.44. The molecule has 3 N–H and O–H groups in total. The fourth-order valence-corrected chi connectivity index (χ4v) is 4.48. The summed E-state index contributed by atoms with van der Waals surface area (Å²) in [5, 5.41) is 15.7.